The number of hydrogen-bond donors (Lipinski definition) is 1. The summed E-state index contributed by atoms with van der Waals surface area (Å²) in [6, 6.07) is 0. The van der Waals surface area contributed by atoms with Crippen LogP contribution >= 0.6 is 0 Å². The van der Waals surface area contributed by atoms with E-state index in [4.69, 9.17) is 0 Å². The Hall–Kier alpha value is -0.860. The highest BCUT2D eigenvalue weighted by atomic mass is 19.1. The number of hydrogen-bond acceptors (Lipinski definition) is 2. The summed E-state index contributed by atoms with van der Waals surface area (Å²) in [6.45, 7) is 4.34. The van der Waals surface area contributed by atoms with Crippen molar-refractivity contribution in [2.24, 2.45) is 28.6 Å². The number of alkyl halides is 1. The molecule has 22 heavy (non-hydrogen) atoms. The molecule has 3 saturated carbocycles. The van der Waals surface area contributed by atoms with Crippen LogP contribution in [0.25, 0.3) is 0 Å². The summed E-state index contributed by atoms with van der Waals surface area (Å²) in [7, 11) is 0. The number of carbonyl (C=O) groups excluding carboxylic acids is 1. The second kappa shape index (κ2) is 4.58. The predicted octanol–water partition coefficient (Wildman–Crippen LogP) is 4.74. The van der Waals surface area contributed by atoms with Crippen LogP contribution in [0.3, 0.4) is 0 Å². The first kappa shape index (κ1) is 14.7. The number of fused-ring (bicyclic) bond motifs is 5. The van der Waals surface area contributed by atoms with Gasteiger partial charge in [0.05, 0.1) is 5.76 Å². The highest BCUT2D eigenvalue weighted by Gasteiger charge is 2.61. The first-order valence-electron chi connectivity index (χ1n) is 8.98. The Labute approximate surface area is 132 Å². The van der Waals surface area contributed by atoms with E-state index < -0.39 is 11.6 Å². The van der Waals surface area contributed by atoms with Crippen molar-refractivity contribution in [1.29, 1.82) is 0 Å². The predicted molar refractivity (Wildman–Crippen MR) is 83.2 cm³/mol. The summed E-state index contributed by atoms with van der Waals surface area (Å²) in [6.07, 6.45) is 6.06. The minimum Gasteiger partial charge on any atom is -0.512 e. The van der Waals surface area contributed by atoms with Crippen LogP contribution in [-0.4, -0.2) is 17.1 Å². The Morgan fingerprint density at radius 1 is 1.09 bits per heavy atom. The van der Waals surface area contributed by atoms with Gasteiger partial charge >= 0.3 is 0 Å². The Bertz CT molecular complexity index is 554. The van der Waals surface area contributed by atoms with E-state index in [1.54, 1.807) is 0 Å². The highest BCUT2D eigenvalue weighted by molar-refractivity contribution is 5.91. The Morgan fingerprint density at radius 3 is 2.64 bits per heavy atom. The van der Waals surface area contributed by atoms with E-state index in [2.05, 4.69) is 6.92 Å². The summed E-state index contributed by atoms with van der Waals surface area (Å²) < 4.78 is 14.1. The molecule has 3 heteroatoms. The van der Waals surface area contributed by atoms with Gasteiger partial charge in [-0.05, 0) is 73.7 Å². The molecule has 4 rings (SSSR count). The molecule has 0 radical (unpaired) electrons. The van der Waals surface area contributed by atoms with Crippen LogP contribution in [-0.2, 0) is 4.79 Å². The minimum atomic E-state index is -1.24. The summed E-state index contributed by atoms with van der Waals surface area (Å²) in [5.74, 6) is 1.70. The van der Waals surface area contributed by atoms with Crippen LogP contribution in [0.15, 0.2) is 11.3 Å². The van der Waals surface area contributed by atoms with Gasteiger partial charge in [-0.1, -0.05) is 13.8 Å². The number of rotatable bonds is 0. The Kier molecular flexibility index (Phi) is 3.06. The van der Waals surface area contributed by atoms with Gasteiger partial charge in [-0.2, -0.15) is 0 Å². The molecule has 2 nitrogen and oxygen atoms in total. The fraction of sp³-hybridized carbons (Fsp3) is 0.842. The van der Waals surface area contributed by atoms with Gasteiger partial charge in [-0.15, -0.1) is 0 Å². The molecular formula is C19H27FO2. The standard InChI is InChI=1S/C19H27FO2/c1-18-8-3-4-16(21)13(18)6-5-11-12(18)7-9-19(2)14(11)10-15(20)17(19)22/h11-12,14-15,21H,3-10H2,1-2H3/t11-,12-,14+,15?,18-,19+/m1/s1. The van der Waals surface area contributed by atoms with Gasteiger partial charge in [0.2, 0.25) is 0 Å². The van der Waals surface area contributed by atoms with E-state index in [-0.39, 0.29) is 17.1 Å². The summed E-state index contributed by atoms with van der Waals surface area (Å²) >= 11 is 0. The maximum absolute atomic E-state index is 14.1. The molecule has 0 saturated heterocycles. The summed E-state index contributed by atoms with van der Waals surface area (Å²) in [5, 5.41) is 10.3. The molecule has 0 amide bonds. The van der Waals surface area contributed by atoms with Gasteiger partial charge in [0.25, 0.3) is 0 Å². The topological polar surface area (TPSA) is 37.3 Å². The zero-order chi connectivity index (χ0) is 15.7. The average molecular weight is 306 g/mol. The van der Waals surface area contributed by atoms with Gasteiger partial charge in [0, 0.05) is 11.8 Å². The lowest BCUT2D eigenvalue weighted by molar-refractivity contribution is -0.135. The van der Waals surface area contributed by atoms with E-state index in [0.717, 1.165) is 44.9 Å². The van der Waals surface area contributed by atoms with E-state index >= 15 is 0 Å². The van der Waals surface area contributed by atoms with Crippen molar-refractivity contribution in [2.45, 2.75) is 71.4 Å². The maximum atomic E-state index is 14.1. The molecule has 4 aliphatic rings. The van der Waals surface area contributed by atoms with Crippen LogP contribution in [0.2, 0.25) is 0 Å². The fourth-order valence-electron chi connectivity index (χ4n) is 6.63. The van der Waals surface area contributed by atoms with Crippen LogP contribution in [0.4, 0.5) is 4.39 Å². The van der Waals surface area contributed by atoms with Crippen LogP contribution in [0.5, 0.6) is 0 Å². The molecule has 6 atom stereocenters. The number of Topliss-reactive ketones (excluding diaryl/α,β-unsaturated/α-hetero) is 1. The zero-order valence-corrected chi connectivity index (χ0v) is 13.7. The van der Waals surface area contributed by atoms with Crippen LogP contribution in [0, 0.1) is 28.6 Å². The van der Waals surface area contributed by atoms with Gasteiger partial charge in [0.1, 0.15) is 0 Å². The molecule has 4 aliphatic carbocycles. The average Bonchev–Trinajstić information content (AvgIpc) is 2.71. The molecule has 0 aromatic heterocycles. The third-order valence-corrected chi connectivity index (χ3v) is 7.83. The molecular weight excluding hydrogens is 279 g/mol. The number of aliphatic hydroxyl groups excluding tert-OH is 1. The van der Waals surface area contributed by atoms with E-state index in [1.165, 1.54) is 5.57 Å². The van der Waals surface area contributed by atoms with Crippen molar-refractivity contribution in [3.63, 3.8) is 0 Å². The summed E-state index contributed by atoms with van der Waals surface area (Å²) in [4.78, 5) is 12.3. The van der Waals surface area contributed by atoms with Gasteiger partial charge < -0.3 is 5.11 Å². The maximum Gasteiger partial charge on any atom is 0.173 e. The van der Waals surface area contributed by atoms with Crippen molar-refractivity contribution in [1.82, 2.24) is 0 Å². The van der Waals surface area contributed by atoms with Gasteiger partial charge in [0.15, 0.2) is 12.0 Å². The number of allylic oxidation sites excluding steroid dienone is 2. The lowest BCUT2D eigenvalue weighted by Crippen LogP contribution is -2.50. The second-order valence-electron chi connectivity index (χ2n) is 8.64. The van der Waals surface area contributed by atoms with Crippen molar-refractivity contribution >= 4 is 5.78 Å². The molecule has 0 spiro atoms. The first-order chi connectivity index (χ1) is 10.4. The largest absolute Gasteiger partial charge is 0.512 e. The Morgan fingerprint density at radius 2 is 1.86 bits per heavy atom. The number of halogens is 1. The van der Waals surface area contributed by atoms with Crippen molar-refractivity contribution in [2.75, 3.05) is 0 Å². The molecule has 0 aromatic carbocycles. The first-order valence-corrected chi connectivity index (χ1v) is 8.98. The highest BCUT2D eigenvalue weighted by Crippen LogP contribution is 2.65. The monoisotopic (exact) mass is 306 g/mol. The van der Waals surface area contributed by atoms with Crippen molar-refractivity contribution in [3.8, 4) is 0 Å². The molecule has 0 aliphatic heterocycles. The number of carbonyl (C=O) groups is 1. The Balaban J connectivity index is 1.72. The third-order valence-electron chi connectivity index (χ3n) is 7.83. The molecule has 1 unspecified atom stereocenters. The molecule has 3 fully saturated rings. The van der Waals surface area contributed by atoms with Gasteiger partial charge in [-0.25, -0.2) is 4.39 Å². The molecule has 0 aromatic rings. The zero-order valence-electron chi connectivity index (χ0n) is 13.7. The van der Waals surface area contributed by atoms with E-state index in [0.29, 0.717) is 24.0 Å². The fourth-order valence-corrected chi connectivity index (χ4v) is 6.63. The number of ketones is 1. The third kappa shape index (κ3) is 1.68. The second-order valence-corrected chi connectivity index (χ2v) is 8.64. The van der Waals surface area contributed by atoms with Crippen molar-refractivity contribution in [3.05, 3.63) is 11.3 Å². The number of aliphatic hydroxyl groups is 1. The summed E-state index contributed by atoms with van der Waals surface area (Å²) in [5.41, 5.74) is 0.948. The lowest BCUT2D eigenvalue weighted by atomic mass is 9.47. The van der Waals surface area contributed by atoms with E-state index in [9.17, 15) is 14.3 Å². The van der Waals surface area contributed by atoms with Gasteiger partial charge in [-0.3, -0.25) is 4.79 Å². The molecule has 122 valence electrons. The molecule has 1 N–H and O–H groups in total. The SMILES string of the molecule is C[C@]12CCCC(O)=C1CC[C@@H]1[C@H]2CC[C@]2(C)C(=O)C(F)C[C@@H]12. The smallest absolute Gasteiger partial charge is 0.173 e. The normalized spacial score (nSPS) is 51.3. The van der Waals surface area contributed by atoms with E-state index in [1.807, 2.05) is 6.92 Å². The minimum absolute atomic E-state index is 0.0873. The van der Waals surface area contributed by atoms with Crippen LogP contribution < -0.4 is 0 Å². The van der Waals surface area contributed by atoms with Crippen LogP contribution in [0.1, 0.15) is 65.2 Å². The molecule has 0 heterocycles. The lowest BCUT2D eigenvalue weighted by Gasteiger charge is -2.57. The quantitative estimate of drug-likeness (QED) is 0.701. The molecule has 0 bridgehead atoms. The van der Waals surface area contributed by atoms with Crippen molar-refractivity contribution < 1.29 is 14.3 Å².